The van der Waals surface area contributed by atoms with Gasteiger partial charge in [0.1, 0.15) is 6.54 Å². The van der Waals surface area contributed by atoms with Crippen molar-refractivity contribution in [3.05, 3.63) is 58.3 Å². The molecule has 1 aromatic carbocycles. The molecule has 0 atom stereocenters. The van der Waals surface area contributed by atoms with E-state index < -0.39 is 0 Å². The van der Waals surface area contributed by atoms with Gasteiger partial charge < -0.3 is 10.2 Å². The zero-order valence-electron chi connectivity index (χ0n) is 12.8. The van der Waals surface area contributed by atoms with Crippen molar-refractivity contribution in [3.63, 3.8) is 0 Å². The van der Waals surface area contributed by atoms with Crippen LogP contribution >= 0.6 is 11.3 Å². The topological polar surface area (TPSA) is 33.5 Å². The summed E-state index contributed by atoms with van der Waals surface area (Å²) in [5, 5.41) is 5.22. The monoisotopic (exact) mass is 315 g/mol. The summed E-state index contributed by atoms with van der Waals surface area (Å²) in [5.41, 5.74) is 1.40. The van der Waals surface area contributed by atoms with Gasteiger partial charge >= 0.3 is 0 Å². The van der Waals surface area contributed by atoms with E-state index in [0.717, 1.165) is 37.4 Å². The van der Waals surface area contributed by atoms with E-state index in [1.54, 1.807) is 16.2 Å². The van der Waals surface area contributed by atoms with E-state index in [2.05, 4.69) is 35.6 Å². The lowest BCUT2D eigenvalue weighted by Crippen LogP contribution is -3.12. The lowest BCUT2D eigenvalue weighted by Gasteiger charge is -2.29. The Morgan fingerprint density at radius 1 is 1.14 bits per heavy atom. The van der Waals surface area contributed by atoms with Crippen molar-refractivity contribution in [2.75, 3.05) is 13.1 Å². The maximum absolute atomic E-state index is 12.0. The molecule has 3 nitrogen and oxygen atoms in total. The molecule has 0 bridgehead atoms. The highest BCUT2D eigenvalue weighted by Gasteiger charge is 2.23. The summed E-state index contributed by atoms with van der Waals surface area (Å²) < 4.78 is 0. The molecule has 2 N–H and O–H groups in total. The van der Waals surface area contributed by atoms with Crippen LogP contribution in [0.3, 0.4) is 0 Å². The second kappa shape index (κ2) is 7.56. The maximum atomic E-state index is 12.0. The van der Waals surface area contributed by atoms with Gasteiger partial charge in [0.25, 0.3) is 0 Å². The van der Waals surface area contributed by atoms with Crippen LogP contribution in [-0.4, -0.2) is 25.0 Å². The van der Waals surface area contributed by atoms with E-state index in [9.17, 15) is 4.79 Å². The molecule has 0 spiro atoms. The van der Waals surface area contributed by atoms with E-state index in [0.29, 0.717) is 12.5 Å². The SMILES string of the molecule is O=C(Cc1cccs1)NC1CC[NH+](Cc2ccccc2)CC1. The normalized spacial score (nSPS) is 21.5. The lowest BCUT2D eigenvalue weighted by molar-refractivity contribution is -0.918. The van der Waals surface area contributed by atoms with Crippen LogP contribution in [0.4, 0.5) is 0 Å². The number of nitrogens with one attached hydrogen (secondary N) is 2. The molecule has 0 radical (unpaired) electrons. The first-order valence-corrected chi connectivity index (χ1v) is 8.87. The van der Waals surface area contributed by atoms with E-state index >= 15 is 0 Å². The number of rotatable bonds is 5. The average Bonchev–Trinajstić information content (AvgIpc) is 3.03. The van der Waals surface area contributed by atoms with Crippen LogP contribution < -0.4 is 10.2 Å². The van der Waals surface area contributed by atoms with E-state index in [4.69, 9.17) is 0 Å². The number of benzene rings is 1. The summed E-state index contributed by atoms with van der Waals surface area (Å²) in [5.74, 6) is 0.166. The van der Waals surface area contributed by atoms with Crippen LogP contribution in [0, 0.1) is 0 Å². The number of quaternary nitrogens is 1. The van der Waals surface area contributed by atoms with Gasteiger partial charge in [-0.15, -0.1) is 11.3 Å². The molecule has 2 heterocycles. The van der Waals surface area contributed by atoms with Crippen LogP contribution in [0.5, 0.6) is 0 Å². The Morgan fingerprint density at radius 3 is 2.59 bits per heavy atom. The number of piperidine rings is 1. The van der Waals surface area contributed by atoms with Crippen LogP contribution in [0.15, 0.2) is 47.8 Å². The van der Waals surface area contributed by atoms with Gasteiger partial charge in [-0.1, -0.05) is 36.4 Å². The Kier molecular flexibility index (Phi) is 5.24. The highest BCUT2D eigenvalue weighted by Crippen LogP contribution is 2.09. The summed E-state index contributed by atoms with van der Waals surface area (Å²) in [6.07, 6.45) is 2.69. The number of hydrogen-bond donors (Lipinski definition) is 2. The summed E-state index contributed by atoms with van der Waals surface area (Å²) in [4.78, 5) is 14.8. The third-order valence-electron chi connectivity index (χ3n) is 4.27. The smallest absolute Gasteiger partial charge is 0.225 e. The van der Waals surface area contributed by atoms with Gasteiger partial charge in [-0.05, 0) is 11.4 Å². The van der Waals surface area contributed by atoms with Gasteiger partial charge in [0.2, 0.25) is 5.91 Å². The largest absolute Gasteiger partial charge is 0.353 e. The van der Waals surface area contributed by atoms with Gasteiger partial charge in [-0.25, -0.2) is 0 Å². The third kappa shape index (κ3) is 4.42. The molecule has 2 aromatic rings. The van der Waals surface area contributed by atoms with Crippen molar-refractivity contribution in [2.45, 2.75) is 31.8 Å². The lowest BCUT2D eigenvalue weighted by atomic mass is 10.0. The first-order chi connectivity index (χ1) is 10.8. The minimum atomic E-state index is 0.166. The fraction of sp³-hybridized carbons (Fsp3) is 0.389. The molecule has 3 rings (SSSR count). The first kappa shape index (κ1) is 15.3. The summed E-state index contributed by atoms with van der Waals surface area (Å²) in [7, 11) is 0. The molecule has 1 amide bonds. The third-order valence-corrected chi connectivity index (χ3v) is 5.15. The standard InChI is InChI=1S/C18H22N2OS/c21-18(13-17-7-4-12-22-17)19-16-8-10-20(11-9-16)14-15-5-2-1-3-6-15/h1-7,12,16H,8-11,13-14H2,(H,19,21)/p+1. The van der Waals surface area contributed by atoms with Crippen molar-refractivity contribution in [3.8, 4) is 0 Å². The van der Waals surface area contributed by atoms with Crippen LogP contribution in [-0.2, 0) is 17.8 Å². The Morgan fingerprint density at radius 2 is 1.91 bits per heavy atom. The molecular weight excluding hydrogens is 292 g/mol. The van der Waals surface area contributed by atoms with Crippen molar-refractivity contribution in [1.82, 2.24) is 5.32 Å². The van der Waals surface area contributed by atoms with E-state index in [-0.39, 0.29) is 5.91 Å². The Bertz CT molecular complexity index is 574. The van der Waals surface area contributed by atoms with Crippen molar-refractivity contribution in [2.24, 2.45) is 0 Å². The van der Waals surface area contributed by atoms with E-state index in [1.807, 2.05) is 17.5 Å². The van der Waals surface area contributed by atoms with Crippen molar-refractivity contribution < 1.29 is 9.69 Å². The molecule has 0 saturated carbocycles. The van der Waals surface area contributed by atoms with Crippen LogP contribution in [0.2, 0.25) is 0 Å². The molecule has 1 aromatic heterocycles. The molecule has 0 aliphatic carbocycles. The number of carbonyl (C=O) groups is 1. The maximum Gasteiger partial charge on any atom is 0.225 e. The highest BCUT2D eigenvalue weighted by molar-refractivity contribution is 7.10. The number of likely N-dealkylation sites (tertiary alicyclic amines) is 1. The van der Waals surface area contributed by atoms with Gasteiger partial charge in [-0.3, -0.25) is 4.79 Å². The fourth-order valence-electron chi connectivity index (χ4n) is 3.08. The zero-order valence-corrected chi connectivity index (χ0v) is 13.6. The predicted molar refractivity (Wildman–Crippen MR) is 90.0 cm³/mol. The summed E-state index contributed by atoms with van der Waals surface area (Å²) >= 11 is 1.65. The number of thiophene rings is 1. The molecule has 1 fully saturated rings. The molecular formula is C18H23N2OS+. The van der Waals surface area contributed by atoms with Crippen LogP contribution in [0.1, 0.15) is 23.3 Å². The van der Waals surface area contributed by atoms with Crippen LogP contribution in [0.25, 0.3) is 0 Å². The molecule has 22 heavy (non-hydrogen) atoms. The minimum absolute atomic E-state index is 0.166. The minimum Gasteiger partial charge on any atom is -0.353 e. The first-order valence-electron chi connectivity index (χ1n) is 7.99. The molecule has 0 unspecified atom stereocenters. The molecule has 4 heteroatoms. The second-order valence-electron chi connectivity index (χ2n) is 6.01. The number of carbonyl (C=O) groups excluding carboxylic acids is 1. The Labute approximate surface area is 136 Å². The van der Waals surface area contributed by atoms with Gasteiger partial charge in [-0.2, -0.15) is 0 Å². The molecule has 116 valence electrons. The number of hydrogen-bond acceptors (Lipinski definition) is 2. The Balaban J connectivity index is 1.41. The van der Waals surface area contributed by atoms with Crippen molar-refractivity contribution in [1.29, 1.82) is 0 Å². The summed E-state index contributed by atoms with van der Waals surface area (Å²) in [6.45, 7) is 3.37. The molecule has 1 aliphatic rings. The van der Waals surface area contributed by atoms with Crippen molar-refractivity contribution >= 4 is 17.2 Å². The van der Waals surface area contributed by atoms with Gasteiger partial charge in [0.15, 0.2) is 0 Å². The van der Waals surface area contributed by atoms with Gasteiger partial charge in [0, 0.05) is 29.3 Å². The quantitative estimate of drug-likeness (QED) is 0.864. The van der Waals surface area contributed by atoms with E-state index in [1.165, 1.54) is 5.56 Å². The average molecular weight is 315 g/mol. The highest BCUT2D eigenvalue weighted by atomic mass is 32.1. The van der Waals surface area contributed by atoms with Gasteiger partial charge in [0.05, 0.1) is 19.5 Å². The Hall–Kier alpha value is -1.65. The fourth-order valence-corrected chi connectivity index (χ4v) is 3.79. The zero-order chi connectivity index (χ0) is 15.2. The molecule has 1 aliphatic heterocycles. The predicted octanol–water partition coefficient (Wildman–Crippen LogP) is 1.65. The number of amides is 1. The summed E-state index contributed by atoms with van der Waals surface area (Å²) in [6, 6.07) is 15.0. The molecule has 1 saturated heterocycles. The second-order valence-corrected chi connectivity index (χ2v) is 7.04.